The van der Waals surface area contributed by atoms with Gasteiger partial charge in [-0.15, -0.1) is 0 Å². The van der Waals surface area contributed by atoms with Gasteiger partial charge in [-0.25, -0.2) is 9.78 Å². The molecule has 0 bridgehead atoms. The van der Waals surface area contributed by atoms with Crippen LogP contribution < -0.4 is 5.32 Å². The largest absolute Gasteiger partial charge is 0.451 e. The number of esters is 1. The van der Waals surface area contributed by atoms with Gasteiger partial charge in [-0.2, -0.15) is 0 Å². The number of pyridine rings is 1. The van der Waals surface area contributed by atoms with Crippen molar-refractivity contribution in [2.45, 2.75) is 0 Å². The van der Waals surface area contributed by atoms with E-state index < -0.39 is 18.5 Å². The molecule has 132 valence electrons. The second kappa shape index (κ2) is 7.91. The van der Waals surface area contributed by atoms with Crippen LogP contribution >= 0.6 is 34.8 Å². The average molecular weight is 410 g/mol. The molecule has 0 aliphatic heterocycles. The highest BCUT2D eigenvalue weighted by Gasteiger charge is 2.14. The Morgan fingerprint density at radius 3 is 2.50 bits per heavy atom. The summed E-state index contributed by atoms with van der Waals surface area (Å²) in [5.74, 6) is -1.27. The van der Waals surface area contributed by atoms with Gasteiger partial charge >= 0.3 is 5.97 Å². The minimum atomic E-state index is -0.703. The SMILES string of the molecule is O=C(COC(=O)c1ccc2ccccc2n1)Nc1cc(Cl)c(Cl)cc1Cl. The standard InChI is InChI=1S/C18H11Cl3N2O3/c19-11-7-13(21)16(8-12(11)20)23-17(24)9-26-18(25)15-6-5-10-3-1-2-4-14(10)22-15/h1-8H,9H2,(H,23,24). The zero-order valence-corrected chi connectivity index (χ0v) is 15.4. The number of nitrogens with one attached hydrogen (secondary N) is 1. The van der Waals surface area contributed by atoms with Crippen LogP contribution in [0.2, 0.25) is 15.1 Å². The number of anilines is 1. The second-order valence-corrected chi connectivity index (χ2v) is 6.48. The number of carbonyl (C=O) groups excluding carboxylic acids is 2. The molecule has 0 radical (unpaired) electrons. The number of hydrogen-bond acceptors (Lipinski definition) is 4. The highest BCUT2D eigenvalue weighted by molar-refractivity contribution is 6.44. The minimum absolute atomic E-state index is 0.115. The van der Waals surface area contributed by atoms with Crippen molar-refractivity contribution in [2.24, 2.45) is 0 Å². The van der Waals surface area contributed by atoms with Gasteiger partial charge in [0.25, 0.3) is 5.91 Å². The number of aromatic nitrogens is 1. The molecule has 26 heavy (non-hydrogen) atoms. The van der Waals surface area contributed by atoms with Crippen molar-refractivity contribution in [1.82, 2.24) is 4.98 Å². The predicted octanol–water partition coefficient (Wildman–Crippen LogP) is 4.99. The fourth-order valence-electron chi connectivity index (χ4n) is 2.19. The Morgan fingerprint density at radius 1 is 0.962 bits per heavy atom. The smallest absolute Gasteiger partial charge is 0.357 e. The fraction of sp³-hybridized carbons (Fsp3) is 0.0556. The molecule has 1 N–H and O–H groups in total. The fourth-order valence-corrected chi connectivity index (χ4v) is 2.78. The summed E-state index contributed by atoms with van der Waals surface area (Å²) in [5, 5.41) is 4.13. The zero-order chi connectivity index (χ0) is 18.7. The lowest BCUT2D eigenvalue weighted by Gasteiger charge is -2.09. The lowest BCUT2D eigenvalue weighted by molar-refractivity contribution is -0.119. The lowest BCUT2D eigenvalue weighted by atomic mass is 10.2. The van der Waals surface area contributed by atoms with Gasteiger partial charge in [0, 0.05) is 5.39 Å². The molecular weight excluding hydrogens is 399 g/mol. The molecule has 1 amide bonds. The number of halogens is 3. The maximum atomic E-state index is 12.1. The summed E-state index contributed by atoms with van der Waals surface area (Å²) in [5.41, 5.74) is 1.05. The normalized spacial score (nSPS) is 10.6. The van der Waals surface area contributed by atoms with E-state index in [0.29, 0.717) is 5.52 Å². The van der Waals surface area contributed by atoms with Crippen LogP contribution in [-0.2, 0) is 9.53 Å². The van der Waals surface area contributed by atoms with Gasteiger partial charge in [-0.05, 0) is 24.3 Å². The van der Waals surface area contributed by atoms with Gasteiger partial charge in [-0.3, -0.25) is 4.79 Å². The summed E-state index contributed by atoms with van der Waals surface area (Å²) in [6, 6.07) is 13.5. The Morgan fingerprint density at radius 2 is 1.69 bits per heavy atom. The average Bonchev–Trinajstić information content (AvgIpc) is 2.63. The maximum absolute atomic E-state index is 12.1. The number of carbonyl (C=O) groups is 2. The molecule has 0 fully saturated rings. The Labute approximate surface area is 163 Å². The lowest BCUT2D eigenvalue weighted by Crippen LogP contribution is -2.21. The van der Waals surface area contributed by atoms with Crippen LogP contribution in [0.4, 0.5) is 5.69 Å². The van der Waals surface area contributed by atoms with Gasteiger partial charge in [0.1, 0.15) is 5.69 Å². The summed E-state index contributed by atoms with van der Waals surface area (Å²) in [6.07, 6.45) is 0. The first-order valence-electron chi connectivity index (χ1n) is 7.41. The first-order chi connectivity index (χ1) is 12.4. The second-order valence-electron chi connectivity index (χ2n) is 5.26. The summed E-state index contributed by atoms with van der Waals surface area (Å²) in [6.45, 7) is -0.496. The number of ether oxygens (including phenoxy) is 1. The van der Waals surface area contributed by atoms with E-state index in [4.69, 9.17) is 39.5 Å². The molecule has 0 atom stereocenters. The minimum Gasteiger partial charge on any atom is -0.451 e. The van der Waals surface area contributed by atoms with Crippen molar-refractivity contribution in [3.8, 4) is 0 Å². The summed E-state index contributed by atoms with van der Waals surface area (Å²) < 4.78 is 4.99. The number of benzene rings is 2. The van der Waals surface area contributed by atoms with Gasteiger partial charge in [0.05, 0.1) is 26.3 Å². The molecular formula is C18H11Cl3N2O3. The Kier molecular flexibility index (Phi) is 5.61. The van der Waals surface area contributed by atoms with Crippen LogP contribution in [0, 0.1) is 0 Å². The predicted molar refractivity (Wildman–Crippen MR) is 102 cm³/mol. The molecule has 3 rings (SSSR count). The summed E-state index contributed by atoms with van der Waals surface area (Å²) >= 11 is 17.7. The van der Waals surface area contributed by atoms with Crippen molar-refractivity contribution in [3.05, 3.63) is 69.3 Å². The molecule has 1 heterocycles. The summed E-state index contributed by atoms with van der Waals surface area (Å²) in [4.78, 5) is 28.3. The van der Waals surface area contributed by atoms with Gasteiger partial charge in [0.15, 0.2) is 6.61 Å². The van der Waals surface area contributed by atoms with E-state index in [2.05, 4.69) is 10.3 Å². The Bertz CT molecular complexity index is 1010. The molecule has 0 spiro atoms. The molecule has 1 aromatic heterocycles. The third-order valence-electron chi connectivity index (χ3n) is 3.43. The van der Waals surface area contributed by atoms with Crippen molar-refractivity contribution < 1.29 is 14.3 Å². The summed E-state index contributed by atoms with van der Waals surface area (Å²) in [7, 11) is 0. The van der Waals surface area contributed by atoms with Crippen molar-refractivity contribution in [1.29, 1.82) is 0 Å². The maximum Gasteiger partial charge on any atom is 0.357 e. The third kappa shape index (κ3) is 4.25. The van der Waals surface area contributed by atoms with Crippen LogP contribution in [0.3, 0.4) is 0 Å². The number of amides is 1. The molecule has 0 aliphatic rings. The Hall–Kier alpha value is -2.34. The van der Waals surface area contributed by atoms with Crippen LogP contribution in [0.15, 0.2) is 48.5 Å². The third-order valence-corrected chi connectivity index (χ3v) is 4.46. The van der Waals surface area contributed by atoms with E-state index in [0.717, 1.165) is 5.39 Å². The van der Waals surface area contributed by atoms with E-state index in [1.165, 1.54) is 12.1 Å². The number of rotatable bonds is 4. The molecule has 5 nitrogen and oxygen atoms in total. The molecule has 8 heteroatoms. The highest BCUT2D eigenvalue weighted by atomic mass is 35.5. The topological polar surface area (TPSA) is 68.3 Å². The van der Waals surface area contributed by atoms with E-state index in [1.807, 2.05) is 18.2 Å². The molecule has 0 aliphatic carbocycles. The van der Waals surface area contributed by atoms with Crippen LogP contribution in [0.5, 0.6) is 0 Å². The van der Waals surface area contributed by atoms with Crippen molar-refractivity contribution in [2.75, 3.05) is 11.9 Å². The van der Waals surface area contributed by atoms with Crippen molar-refractivity contribution >= 4 is 63.3 Å². The van der Waals surface area contributed by atoms with Crippen LogP contribution in [-0.4, -0.2) is 23.5 Å². The van der Waals surface area contributed by atoms with Crippen LogP contribution in [0.25, 0.3) is 10.9 Å². The van der Waals surface area contributed by atoms with E-state index in [9.17, 15) is 9.59 Å². The number of nitrogens with zero attached hydrogens (tertiary/aromatic N) is 1. The molecule has 2 aromatic carbocycles. The van der Waals surface area contributed by atoms with E-state index in [1.54, 1.807) is 18.2 Å². The Balaban J connectivity index is 1.63. The van der Waals surface area contributed by atoms with Gasteiger partial charge < -0.3 is 10.1 Å². The first kappa shape index (κ1) is 18.5. The number of hydrogen-bond donors (Lipinski definition) is 1. The van der Waals surface area contributed by atoms with Gasteiger partial charge in [-0.1, -0.05) is 59.1 Å². The molecule has 3 aromatic rings. The van der Waals surface area contributed by atoms with Gasteiger partial charge in [0.2, 0.25) is 0 Å². The zero-order valence-electron chi connectivity index (χ0n) is 13.1. The molecule has 0 saturated heterocycles. The molecule has 0 saturated carbocycles. The highest BCUT2D eigenvalue weighted by Crippen LogP contribution is 2.32. The van der Waals surface area contributed by atoms with Crippen LogP contribution in [0.1, 0.15) is 10.5 Å². The monoisotopic (exact) mass is 408 g/mol. The number of fused-ring (bicyclic) bond motifs is 1. The molecule has 0 unspecified atom stereocenters. The van der Waals surface area contributed by atoms with E-state index >= 15 is 0 Å². The quantitative estimate of drug-likeness (QED) is 0.487. The van der Waals surface area contributed by atoms with Crippen molar-refractivity contribution in [3.63, 3.8) is 0 Å². The van der Waals surface area contributed by atoms with E-state index in [-0.39, 0.29) is 26.4 Å². The number of para-hydroxylation sites is 1. The first-order valence-corrected chi connectivity index (χ1v) is 8.55.